The average Bonchev–Trinajstić information content (AvgIpc) is 2.77. The second-order valence-corrected chi connectivity index (χ2v) is 4.34. The highest BCUT2D eigenvalue weighted by Gasteiger charge is 2.16. The number of rotatable bonds is 2. The van der Waals surface area contributed by atoms with Gasteiger partial charge in [0.1, 0.15) is 17.7 Å². The van der Waals surface area contributed by atoms with Crippen LogP contribution >= 0.6 is 0 Å². The van der Waals surface area contributed by atoms with E-state index >= 15 is 0 Å². The van der Waals surface area contributed by atoms with E-state index in [0.29, 0.717) is 17.1 Å². The van der Waals surface area contributed by atoms with E-state index in [-0.39, 0.29) is 11.1 Å². The van der Waals surface area contributed by atoms with Crippen molar-refractivity contribution in [1.82, 2.24) is 4.98 Å². The molecule has 0 fully saturated rings. The summed E-state index contributed by atoms with van der Waals surface area (Å²) < 4.78 is 31.3. The fourth-order valence-corrected chi connectivity index (χ4v) is 2.03. The van der Waals surface area contributed by atoms with Crippen molar-refractivity contribution in [3.05, 3.63) is 69.7 Å². The van der Waals surface area contributed by atoms with Crippen molar-refractivity contribution >= 4 is 11.1 Å². The number of hydrogen-bond acceptors (Lipinski definition) is 3. The minimum Gasteiger partial charge on any atom is -0.408 e. The number of aliphatic hydroxyl groups excluding tert-OH is 1. The summed E-state index contributed by atoms with van der Waals surface area (Å²) in [7, 11) is 0. The molecule has 1 unspecified atom stereocenters. The van der Waals surface area contributed by atoms with E-state index in [1.54, 1.807) is 6.07 Å². The number of aromatic amines is 1. The fourth-order valence-electron chi connectivity index (χ4n) is 2.03. The van der Waals surface area contributed by atoms with Gasteiger partial charge in [-0.2, -0.15) is 0 Å². The molecule has 1 atom stereocenters. The molecule has 0 aliphatic carbocycles. The highest BCUT2D eigenvalue weighted by molar-refractivity contribution is 5.73. The molecule has 3 rings (SSSR count). The number of fused-ring (bicyclic) bond motifs is 1. The number of aromatic nitrogens is 1. The zero-order valence-electron chi connectivity index (χ0n) is 10.1. The summed E-state index contributed by atoms with van der Waals surface area (Å²) in [6, 6.07) is 7.44. The lowest BCUT2D eigenvalue weighted by atomic mass is 10.0. The first-order chi connectivity index (χ1) is 9.54. The van der Waals surface area contributed by atoms with Crippen LogP contribution in [0.15, 0.2) is 45.6 Å². The molecule has 20 heavy (non-hydrogen) atoms. The van der Waals surface area contributed by atoms with E-state index in [4.69, 9.17) is 4.42 Å². The van der Waals surface area contributed by atoms with Gasteiger partial charge in [-0.05, 0) is 23.8 Å². The molecule has 2 N–H and O–H groups in total. The van der Waals surface area contributed by atoms with Gasteiger partial charge in [0, 0.05) is 11.6 Å². The zero-order valence-corrected chi connectivity index (χ0v) is 10.1. The van der Waals surface area contributed by atoms with Gasteiger partial charge in [-0.15, -0.1) is 0 Å². The predicted octanol–water partition coefficient (Wildman–Crippen LogP) is 2.48. The van der Waals surface area contributed by atoms with Crippen molar-refractivity contribution in [2.24, 2.45) is 0 Å². The Balaban J connectivity index is 2.06. The smallest absolute Gasteiger partial charge is 0.408 e. The number of nitrogens with one attached hydrogen (secondary N) is 1. The molecular formula is C14H9F2NO3. The van der Waals surface area contributed by atoms with Crippen LogP contribution in [-0.2, 0) is 0 Å². The van der Waals surface area contributed by atoms with Gasteiger partial charge < -0.3 is 9.52 Å². The van der Waals surface area contributed by atoms with Crippen molar-refractivity contribution < 1.29 is 18.3 Å². The van der Waals surface area contributed by atoms with Gasteiger partial charge in [0.25, 0.3) is 0 Å². The van der Waals surface area contributed by atoms with Crippen LogP contribution in [0.2, 0.25) is 0 Å². The number of aliphatic hydroxyl groups is 1. The Morgan fingerprint density at radius 3 is 2.70 bits per heavy atom. The van der Waals surface area contributed by atoms with Crippen molar-refractivity contribution in [1.29, 1.82) is 0 Å². The van der Waals surface area contributed by atoms with Crippen LogP contribution in [0.25, 0.3) is 11.1 Å². The van der Waals surface area contributed by atoms with Crippen molar-refractivity contribution in [2.75, 3.05) is 0 Å². The van der Waals surface area contributed by atoms with Gasteiger partial charge in [-0.3, -0.25) is 4.98 Å². The van der Waals surface area contributed by atoms with Gasteiger partial charge >= 0.3 is 5.76 Å². The van der Waals surface area contributed by atoms with Crippen LogP contribution in [0.1, 0.15) is 17.2 Å². The number of halogens is 2. The summed E-state index contributed by atoms with van der Waals surface area (Å²) in [5.41, 5.74) is 1.02. The lowest BCUT2D eigenvalue weighted by Gasteiger charge is -2.12. The summed E-state index contributed by atoms with van der Waals surface area (Å²) in [5, 5.41) is 10.1. The largest absolute Gasteiger partial charge is 0.417 e. The summed E-state index contributed by atoms with van der Waals surface area (Å²) in [6.45, 7) is 0. The number of hydrogen-bond donors (Lipinski definition) is 2. The molecule has 2 aromatic carbocycles. The highest BCUT2D eigenvalue weighted by atomic mass is 19.1. The summed E-state index contributed by atoms with van der Waals surface area (Å²) in [5.74, 6) is -2.17. The second-order valence-electron chi connectivity index (χ2n) is 4.34. The van der Waals surface area contributed by atoms with E-state index in [1.807, 2.05) is 0 Å². The van der Waals surface area contributed by atoms with Crippen LogP contribution in [0.4, 0.5) is 8.78 Å². The second kappa shape index (κ2) is 4.57. The van der Waals surface area contributed by atoms with E-state index in [1.165, 1.54) is 18.2 Å². The summed E-state index contributed by atoms with van der Waals surface area (Å²) in [4.78, 5) is 13.5. The molecule has 0 aliphatic rings. The molecular weight excluding hydrogens is 268 g/mol. The molecule has 0 spiro atoms. The third kappa shape index (κ3) is 2.10. The van der Waals surface area contributed by atoms with Crippen LogP contribution in [-0.4, -0.2) is 10.1 Å². The van der Waals surface area contributed by atoms with Crippen molar-refractivity contribution in [3.63, 3.8) is 0 Å². The molecule has 0 aliphatic heterocycles. The topological polar surface area (TPSA) is 66.2 Å². The fraction of sp³-hybridized carbons (Fsp3) is 0.0714. The normalized spacial score (nSPS) is 12.8. The maximum Gasteiger partial charge on any atom is 0.417 e. The van der Waals surface area contributed by atoms with E-state index in [0.717, 1.165) is 6.07 Å². The number of oxazole rings is 1. The Bertz CT molecular complexity index is 838. The quantitative estimate of drug-likeness (QED) is 0.756. The first kappa shape index (κ1) is 12.6. The lowest BCUT2D eigenvalue weighted by Crippen LogP contribution is -2.02. The maximum atomic E-state index is 13.6. The molecule has 1 aromatic heterocycles. The van der Waals surface area contributed by atoms with E-state index < -0.39 is 23.5 Å². The molecule has 0 saturated heterocycles. The Labute approximate surface area is 111 Å². The van der Waals surface area contributed by atoms with Crippen LogP contribution in [0.3, 0.4) is 0 Å². The molecule has 3 aromatic rings. The zero-order chi connectivity index (χ0) is 14.3. The van der Waals surface area contributed by atoms with Crippen molar-refractivity contribution in [3.8, 4) is 0 Å². The molecule has 0 saturated carbocycles. The van der Waals surface area contributed by atoms with Gasteiger partial charge in [0.05, 0.1) is 5.52 Å². The van der Waals surface area contributed by atoms with Gasteiger partial charge in [0.15, 0.2) is 5.58 Å². The van der Waals surface area contributed by atoms with Crippen LogP contribution in [0.5, 0.6) is 0 Å². The van der Waals surface area contributed by atoms with E-state index in [2.05, 4.69) is 4.98 Å². The molecule has 1 heterocycles. The van der Waals surface area contributed by atoms with Crippen LogP contribution in [0, 0.1) is 11.6 Å². The highest BCUT2D eigenvalue weighted by Crippen LogP contribution is 2.26. The maximum absolute atomic E-state index is 13.6. The Hall–Kier alpha value is -2.47. The third-order valence-electron chi connectivity index (χ3n) is 3.02. The first-order valence-corrected chi connectivity index (χ1v) is 5.80. The molecule has 4 nitrogen and oxygen atoms in total. The lowest BCUT2D eigenvalue weighted by molar-refractivity contribution is 0.214. The Morgan fingerprint density at radius 1 is 1.15 bits per heavy atom. The molecule has 102 valence electrons. The van der Waals surface area contributed by atoms with Gasteiger partial charge in [-0.25, -0.2) is 13.6 Å². The van der Waals surface area contributed by atoms with Gasteiger partial charge in [-0.1, -0.05) is 12.1 Å². The average molecular weight is 277 g/mol. The number of H-pyrrole nitrogens is 1. The number of benzene rings is 2. The third-order valence-corrected chi connectivity index (χ3v) is 3.02. The SMILES string of the molecule is O=c1[nH]c2ccc(C(O)c3ccc(F)cc3F)cc2o1. The molecule has 0 bridgehead atoms. The summed E-state index contributed by atoms with van der Waals surface area (Å²) in [6.07, 6.45) is -1.28. The molecule has 0 radical (unpaired) electrons. The Morgan fingerprint density at radius 2 is 1.95 bits per heavy atom. The first-order valence-electron chi connectivity index (χ1n) is 5.80. The van der Waals surface area contributed by atoms with Crippen molar-refractivity contribution in [2.45, 2.75) is 6.10 Å². The minimum atomic E-state index is -1.28. The predicted molar refractivity (Wildman–Crippen MR) is 67.3 cm³/mol. The summed E-state index contributed by atoms with van der Waals surface area (Å²) >= 11 is 0. The van der Waals surface area contributed by atoms with E-state index in [9.17, 15) is 18.7 Å². The standard InChI is InChI=1S/C14H9F2NO3/c15-8-2-3-9(10(16)6-8)13(18)7-1-4-11-12(5-7)20-14(19)17-11/h1-6,13,18H,(H,17,19). The van der Waals surface area contributed by atoms with Gasteiger partial charge in [0.2, 0.25) is 0 Å². The molecule has 6 heteroatoms. The molecule has 0 amide bonds. The Kier molecular flexibility index (Phi) is 2.87. The monoisotopic (exact) mass is 277 g/mol. The minimum absolute atomic E-state index is 0.0522. The van der Waals surface area contributed by atoms with Crippen LogP contribution < -0.4 is 5.76 Å².